The minimum absolute atomic E-state index is 0.243. The Bertz CT molecular complexity index is 1050. The second-order valence-electron chi connectivity index (χ2n) is 7.20. The third-order valence-corrected chi connectivity index (χ3v) is 4.91. The molecule has 0 atom stereocenters. The molecule has 3 aromatic rings. The molecule has 1 aliphatic rings. The summed E-state index contributed by atoms with van der Waals surface area (Å²) < 4.78 is 50.6. The van der Waals surface area contributed by atoms with Crippen molar-refractivity contribution in [2.45, 2.75) is 6.18 Å². The highest BCUT2D eigenvalue weighted by Crippen LogP contribution is 2.29. The van der Waals surface area contributed by atoms with Crippen LogP contribution in [-0.4, -0.2) is 59.1 Å². The number of anilines is 3. The van der Waals surface area contributed by atoms with Crippen LogP contribution in [0.1, 0.15) is 5.69 Å². The van der Waals surface area contributed by atoms with Gasteiger partial charge < -0.3 is 20.5 Å². The highest BCUT2D eigenvalue weighted by Gasteiger charge is 2.33. The standard InChI is InChI=1S/C21H23F3N6O2/c22-21(23,24)18-6-7-30(28-18)20-3-1-2-19(27-20)26-17-5-4-15(14-16(17)25)32-13-10-29-8-11-31-12-9-29/h1-7,14H,8-13,25H2,(H,26,27). The number of aromatic nitrogens is 3. The molecule has 0 spiro atoms. The van der Waals surface area contributed by atoms with Crippen molar-refractivity contribution in [3.8, 4) is 11.6 Å². The van der Waals surface area contributed by atoms with Crippen LogP contribution in [0, 0.1) is 0 Å². The van der Waals surface area contributed by atoms with Crippen molar-refractivity contribution in [1.29, 1.82) is 0 Å². The van der Waals surface area contributed by atoms with Crippen molar-refractivity contribution < 1.29 is 22.6 Å². The Labute approximate surface area is 182 Å². The lowest BCUT2D eigenvalue weighted by Crippen LogP contribution is -2.38. The van der Waals surface area contributed by atoms with Crippen molar-refractivity contribution in [1.82, 2.24) is 19.7 Å². The van der Waals surface area contributed by atoms with Gasteiger partial charge in [-0.25, -0.2) is 9.67 Å². The van der Waals surface area contributed by atoms with Crippen LogP contribution >= 0.6 is 0 Å². The molecule has 1 aromatic carbocycles. The van der Waals surface area contributed by atoms with Gasteiger partial charge in [-0.3, -0.25) is 4.90 Å². The van der Waals surface area contributed by atoms with Crippen LogP contribution in [0.2, 0.25) is 0 Å². The average Bonchev–Trinajstić information content (AvgIpc) is 3.28. The summed E-state index contributed by atoms with van der Waals surface area (Å²) in [6, 6.07) is 11.1. The number of pyridine rings is 1. The molecule has 0 amide bonds. The zero-order valence-corrected chi connectivity index (χ0v) is 17.2. The molecule has 0 radical (unpaired) electrons. The van der Waals surface area contributed by atoms with Gasteiger partial charge in [0.15, 0.2) is 11.5 Å². The SMILES string of the molecule is Nc1cc(OCCN2CCOCC2)ccc1Nc1cccc(-n2ccc(C(F)(F)F)n2)n1. The number of rotatable bonds is 7. The summed E-state index contributed by atoms with van der Waals surface area (Å²) in [5, 5.41) is 6.62. The highest BCUT2D eigenvalue weighted by atomic mass is 19.4. The number of nitrogen functional groups attached to an aromatic ring is 1. The van der Waals surface area contributed by atoms with Gasteiger partial charge in [0.2, 0.25) is 0 Å². The molecule has 0 unspecified atom stereocenters. The molecule has 4 rings (SSSR count). The summed E-state index contributed by atoms with van der Waals surface area (Å²) >= 11 is 0. The molecular formula is C21H23F3N6O2. The molecule has 1 saturated heterocycles. The van der Waals surface area contributed by atoms with Gasteiger partial charge in [-0.2, -0.15) is 18.3 Å². The molecule has 1 fully saturated rings. The van der Waals surface area contributed by atoms with E-state index >= 15 is 0 Å². The molecule has 1 aliphatic heterocycles. The van der Waals surface area contributed by atoms with Gasteiger partial charge in [0, 0.05) is 31.9 Å². The number of nitrogens with zero attached hydrogens (tertiary/aromatic N) is 4. The summed E-state index contributed by atoms with van der Waals surface area (Å²) in [6.07, 6.45) is -3.30. The molecular weight excluding hydrogens is 425 g/mol. The van der Waals surface area contributed by atoms with Crippen LogP contribution in [0.5, 0.6) is 5.75 Å². The lowest BCUT2D eigenvalue weighted by molar-refractivity contribution is -0.141. The van der Waals surface area contributed by atoms with Crippen LogP contribution in [0.3, 0.4) is 0 Å². The fourth-order valence-corrected chi connectivity index (χ4v) is 3.22. The number of ether oxygens (including phenoxy) is 2. The Hall–Kier alpha value is -3.31. The largest absolute Gasteiger partial charge is 0.492 e. The van der Waals surface area contributed by atoms with E-state index in [9.17, 15) is 13.2 Å². The normalized spacial score (nSPS) is 15.0. The third-order valence-electron chi connectivity index (χ3n) is 4.91. The van der Waals surface area contributed by atoms with Crippen LogP contribution < -0.4 is 15.8 Å². The minimum Gasteiger partial charge on any atom is -0.492 e. The van der Waals surface area contributed by atoms with Crippen molar-refractivity contribution in [3.05, 3.63) is 54.4 Å². The Kier molecular flexibility index (Phi) is 6.47. The van der Waals surface area contributed by atoms with Gasteiger partial charge in [-0.15, -0.1) is 0 Å². The van der Waals surface area contributed by atoms with Gasteiger partial charge in [0.25, 0.3) is 0 Å². The molecule has 0 bridgehead atoms. The summed E-state index contributed by atoms with van der Waals surface area (Å²) in [5.41, 5.74) is 6.23. The van der Waals surface area contributed by atoms with Gasteiger partial charge in [-0.1, -0.05) is 6.07 Å². The van der Waals surface area contributed by atoms with Crippen molar-refractivity contribution >= 4 is 17.2 Å². The topological polar surface area (TPSA) is 90.5 Å². The van der Waals surface area contributed by atoms with Crippen LogP contribution in [0.15, 0.2) is 48.7 Å². The summed E-state index contributed by atoms with van der Waals surface area (Å²) in [7, 11) is 0. The molecule has 0 saturated carbocycles. The van der Waals surface area contributed by atoms with E-state index in [0.29, 0.717) is 29.5 Å². The molecule has 11 heteroatoms. The smallest absolute Gasteiger partial charge is 0.435 e. The highest BCUT2D eigenvalue weighted by molar-refractivity contribution is 5.72. The summed E-state index contributed by atoms with van der Waals surface area (Å²) in [5.74, 6) is 1.31. The predicted octanol–water partition coefficient (Wildman–Crippen LogP) is 3.32. The van der Waals surface area contributed by atoms with E-state index in [2.05, 4.69) is 20.3 Å². The third kappa shape index (κ3) is 5.48. The number of nitrogens with two attached hydrogens (primary N) is 1. The summed E-state index contributed by atoms with van der Waals surface area (Å²) in [6.45, 7) is 4.63. The second kappa shape index (κ2) is 9.45. The molecule has 32 heavy (non-hydrogen) atoms. The van der Waals surface area contributed by atoms with Crippen molar-refractivity contribution in [3.63, 3.8) is 0 Å². The van der Waals surface area contributed by atoms with Crippen LogP contribution in [0.25, 0.3) is 5.82 Å². The van der Waals surface area contributed by atoms with Crippen LogP contribution in [0.4, 0.5) is 30.4 Å². The molecule has 8 nitrogen and oxygen atoms in total. The first kappa shape index (κ1) is 21.9. The number of benzene rings is 1. The van der Waals surface area contributed by atoms with E-state index in [4.69, 9.17) is 15.2 Å². The average molecular weight is 448 g/mol. The van der Waals surface area contributed by atoms with E-state index in [-0.39, 0.29) is 5.82 Å². The number of alkyl halides is 3. The Morgan fingerprint density at radius 3 is 2.66 bits per heavy atom. The Morgan fingerprint density at radius 1 is 1.12 bits per heavy atom. The number of morpholine rings is 1. The van der Waals surface area contributed by atoms with E-state index in [0.717, 1.165) is 43.6 Å². The van der Waals surface area contributed by atoms with Gasteiger partial charge in [0.05, 0.1) is 24.6 Å². The Morgan fingerprint density at radius 2 is 1.94 bits per heavy atom. The summed E-state index contributed by atoms with van der Waals surface area (Å²) in [4.78, 5) is 6.59. The predicted molar refractivity (Wildman–Crippen MR) is 113 cm³/mol. The zero-order chi connectivity index (χ0) is 22.6. The number of hydrogen-bond acceptors (Lipinski definition) is 7. The van der Waals surface area contributed by atoms with Crippen LogP contribution in [-0.2, 0) is 10.9 Å². The molecule has 3 N–H and O–H groups in total. The number of halogens is 3. The van der Waals surface area contributed by atoms with Gasteiger partial charge >= 0.3 is 6.18 Å². The first-order valence-corrected chi connectivity index (χ1v) is 10.1. The first-order valence-electron chi connectivity index (χ1n) is 10.1. The monoisotopic (exact) mass is 448 g/mol. The fraction of sp³-hybridized carbons (Fsp3) is 0.333. The second-order valence-corrected chi connectivity index (χ2v) is 7.20. The number of nitrogens with one attached hydrogen (secondary N) is 1. The quantitative estimate of drug-likeness (QED) is 0.536. The van der Waals surface area contributed by atoms with E-state index in [1.54, 1.807) is 36.4 Å². The van der Waals surface area contributed by atoms with Crippen molar-refractivity contribution in [2.75, 3.05) is 50.5 Å². The molecule has 170 valence electrons. The molecule has 0 aliphatic carbocycles. The maximum absolute atomic E-state index is 12.8. The van der Waals surface area contributed by atoms with E-state index < -0.39 is 11.9 Å². The Balaban J connectivity index is 1.38. The number of hydrogen-bond donors (Lipinski definition) is 2. The molecule has 2 aromatic heterocycles. The van der Waals surface area contributed by atoms with Crippen molar-refractivity contribution in [2.24, 2.45) is 0 Å². The maximum atomic E-state index is 12.8. The first-order chi connectivity index (χ1) is 15.4. The van der Waals surface area contributed by atoms with E-state index in [1.165, 1.54) is 6.20 Å². The maximum Gasteiger partial charge on any atom is 0.435 e. The van der Waals surface area contributed by atoms with Gasteiger partial charge in [0.1, 0.15) is 18.2 Å². The van der Waals surface area contributed by atoms with Gasteiger partial charge in [-0.05, 0) is 30.3 Å². The zero-order valence-electron chi connectivity index (χ0n) is 17.2. The lowest BCUT2D eigenvalue weighted by atomic mass is 10.2. The minimum atomic E-state index is -4.51. The lowest BCUT2D eigenvalue weighted by Gasteiger charge is -2.26. The van der Waals surface area contributed by atoms with E-state index in [1.807, 2.05) is 0 Å². The fourth-order valence-electron chi connectivity index (χ4n) is 3.22. The molecule has 3 heterocycles.